The van der Waals surface area contributed by atoms with Crippen molar-refractivity contribution in [2.75, 3.05) is 7.11 Å². The molecule has 4 heteroatoms. The third-order valence-corrected chi connectivity index (χ3v) is 3.41. The Morgan fingerprint density at radius 2 is 1.86 bits per heavy atom. The SMILES string of the molecule is COc1ccccc1O[C@H](C)c1nc2ccc(C)cc2[nH]1. The van der Waals surface area contributed by atoms with Gasteiger partial charge in [-0.05, 0) is 43.7 Å². The van der Waals surface area contributed by atoms with Crippen LogP contribution in [0.3, 0.4) is 0 Å². The molecule has 0 amide bonds. The molecular formula is C17H18N2O2. The number of aryl methyl sites for hydroxylation is 1. The van der Waals surface area contributed by atoms with Gasteiger partial charge in [-0.2, -0.15) is 0 Å². The van der Waals surface area contributed by atoms with Crippen molar-refractivity contribution in [2.45, 2.75) is 20.0 Å². The third-order valence-electron chi connectivity index (χ3n) is 3.41. The number of H-pyrrole nitrogens is 1. The molecule has 1 N–H and O–H groups in total. The molecule has 3 aromatic rings. The molecule has 4 nitrogen and oxygen atoms in total. The Balaban J connectivity index is 1.88. The number of nitrogens with one attached hydrogen (secondary N) is 1. The highest BCUT2D eigenvalue weighted by atomic mass is 16.5. The van der Waals surface area contributed by atoms with Gasteiger partial charge in [-0.25, -0.2) is 4.98 Å². The molecule has 0 aliphatic heterocycles. The molecule has 1 aromatic heterocycles. The molecule has 3 rings (SSSR count). The van der Waals surface area contributed by atoms with Gasteiger partial charge in [0.2, 0.25) is 0 Å². The maximum absolute atomic E-state index is 5.96. The number of imidazole rings is 1. The predicted molar refractivity (Wildman–Crippen MR) is 82.9 cm³/mol. The van der Waals surface area contributed by atoms with Crippen LogP contribution < -0.4 is 9.47 Å². The van der Waals surface area contributed by atoms with Crippen molar-refractivity contribution in [1.29, 1.82) is 0 Å². The Morgan fingerprint density at radius 1 is 1.10 bits per heavy atom. The first-order valence-electron chi connectivity index (χ1n) is 6.93. The summed E-state index contributed by atoms with van der Waals surface area (Å²) >= 11 is 0. The van der Waals surface area contributed by atoms with Crippen LogP contribution in [-0.2, 0) is 0 Å². The number of benzene rings is 2. The summed E-state index contributed by atoms with van der Waals surface area (Å²) in [5, 5.41) is 0. The summed E-state index contributed by atoms with van der Waals surface area (Å²) in [6.07, 6.45) is -0.186. The minimum atomic E-state index is -0.186. The van der Waals surface area contributed by atoms with E-state index >= 15 is 0 Å². The van der Waals surface area contributed by atoms with Crippen LogP contribution in [0.4, 0.5) is 0 Å². The predicted octanol–water partition coefficient (Wildman–Crippen LogP) is 4.02. The van der Waals surface area contributed by atoms with Gasteiger partial charge in [0, 0.05) is 0 Å². The second-order valence-corrected chi connectivity index (χ2v) is 5.05. The molecule has 108 valence electrons. The second-order valence-electron chi connectivity index (χ2n) is 5.05. The van der Waals surface area contributed by atoms with E-state index in [-0.39, 0.29) is 6.10 Å². The van der Waals surface area contributed by atoms with Crippen LogP contribution in [0, 0.1) is 6.92 Å². The molecule has 0 unspecified atom stereocenters. The lowest BCUT2D eigenvalue weighted by Gasteiger charge is -2.14. The maximum Gasteiger partial charge on any atom is 0.162 e. The molecule has 0 aliphatic carbocycles. The van der Waals surface area contributed by atoms with Gasteiger partial charge in [-0.3, -0.25) is 0 Å². The van der Waals surface area contributed by atoms with Gasteiger partial charge in [0.15, 0.2) is 17.6 Å². The van der Waals surface area contributed by atoms with E-state index in [1.165, 1.54) is 5.56 Å². The van der Waals surface area contributed by atoms with Gasteiger partial charge in [-0.1, -0.05) is 18.2 Å². The van der Waals surface area contributed by atoms with Crippen LogP contribution in [0.5, 0.6) is 11.5 Å². The number of hydrogen-bond acceptors (Lipinski definition) is 3. The molecule has 0 radical (unpaired) electrons. The third kappa shape index (κ3) is 2.70. The molecule has 0 saturated heterocycles. The number of aromatic nitrogens is 2. The largest absolute Gasteiger partial charge is 0.493 e. The molecule has 0 fully saturated rings. The average molecular weight is 282 g/mol. The van der Waals surface area contributed by atoms with E-state index in [4.69, 9.17) is 9.47 Å². The molecular weight excluding hydrogens is 264 g/mol. The van der Waals surface area contributed by atoms with E-state index in [2.05, 4.69) is 29.0 Å². The second kappa shape index (κ2) is 5.48. The first-order chi connectivity index (χ1) is 10.2. The lowest BCUT2D eigenvalue weighted by molar-refractivity contribution is 0.208. The molecule has 0 spiro atoms. The van der Waals surface area contributed by atoms with Crippen LogP contribution in [-0.4, -0.2) is 17.1 Å². The highest BCUT2D eigenvalue weighted by Crippen LogP contribution is 2.30. The summed E-state index contributed by atoms with van der Waals surface area (Å²) < 4.78 is 11.3. The summed E-state index contributed by atoms with van der Waals surface area (Å²) in [5.74, 6) is 2.24. The standard InChI is InChI=1S/C17H18N2O2/c1-11-8-9-13-14(10-11)19-17(18-13)12(2)21-16-7-5-4-6-15(16)20-3/h4-10,12H,1-3H3,(H,18,19)/t12-/m1/s1. The van der Waals surface area contributed by atoms with E-state index in [0.29, 0.717) is 5.75 Å². The van der Waals surface area contributed by atoms with Gasteiger partial charge >= 0.3 is 0 Å². The molecule has 0 aliphatic rings. The molecule has 0 bridgehead atoms. The molecule has 21 heavy (non-hydrogen) atoms. The Labute approximate surface area is 123 Å². The van der Waals surface area contributed by atoms with Crippen LogP contribution in [0.2, 0.25) is 0 Å². The zero-order valence-electron chi connectivity index (χ0n) is 12.4. The summed E-state index contributed by atoms with van der Waals surface area (Å²) in [6.45, 7) is 4.03. The Morgan fingerprint density at radius 3 is 2.62 bits per heavy atom. The lowest BCUT2D eigenvalue weighted by Crippen LogP contribution is -2.05. The number of para-hydroxylation sites is 2. The number of rotatable bonds is 4. The minimum Gasteiger partial charge on any atom is -0.493 e. The molecule has 2 aromatic carbocycles. The maximum atomic E-state index is 5.96. The zero-order valence-corrected chi connectivity index (χ0v) is 12.4. The number of methoxy groups -OCH3 is 1. The Bertz CT molecular complexity index is 764. The van der Waals surface area contributed by atoms with Crippen molar-refractivity contribution in [3.8, 4) is 11.5 Å². The first-order valence-corrected chi connectivity index (χ1v) is 6.93. The van der Waals surface area contributed by atoms with Gasteiger partial charge in [0.1, 0.15) is 5.82 Å². The summed E-state index contributed by atoms with van der Waals surface area (Å²) in [6, 6.07) is 13.8. The van der Waals surface area contributed by atoms with Crippen molar-refractivity contribution < 1.29 is 9.47 Å². The monoisotopic (exact) mass is 282 g/mol. The fourth-order valence-corrected chi connectivity index (χ4v) is 2.30. The zero-order chi connectivity index (χ0) is 14.8. The normalized spacial score (nSPS) is 12.3. The number of aromatic amines is 1. The number of ether oxygens (including phenoxy) is 2. The van der Waals surface area contributed by atoms with Crippen LogP contribution in [0.1, 0.15) is 24.4 Å². The van der Waals surface area contributed by atoms with Gasteiger partial charge in [0.25, 0.3) is 0 Å². The van der Waals surface area contributed by atoms with Crippen molar-refractivity contribution in [3.63, 3.8) is 0 Å². The first kappa shape index (κ1) is 13.5. The molecule has 1 atom stereocenters. The topological polar surface area (TPSA) is 47.1 Å². The number of hydrogen-bond donors (Lipinski definition) is 1. The van der Waals surface area contributed by atoms with Gasteiger partial charge in [0.05, 0.1) is 18.1 Å². The molecule has 1 heterocycles. The fourth-order valence-electron chi connectivity index (χ4n) is 2.30. The van der Waals surface area contributed by atoms with E-state index in [0.717, 1.165) is 22.6 Å². The van der Waals surface area contributed by atoms with Crippen LogP contribution >= 0.6 is 0 Å². The molecule has 0 saturated carbocycles. The highest BCUT2D eigenvalue weighted by molar-refractivity contribution is 5.75. The average Bonchev–Trinajstić information content (AvgIpc) is 2.91. The lowest BCUT2D eigenvalue weighted by atomic mass is 10.2. The van der Waals surface area contributed by atoms with Gasteiger partial charge in [-0.15, -0.1) is 0 Å². The summed E-state index contributed by atoms with van der Waals surface area (Å²) in [7, 11) is 1.64. The van der Waals surface area contributed by atoms with Crippen molar-refractivity contribution >= 4 is 11.0 Å². The Kier molecular flexibility index (Phi) is 3.52. The number of fused-ring (bicyclic) bond motifs is 1. The number of nitrogens with zero attached hydrogens (tertiary/aromatic N) is 1. The van der Waals surface area contributed by atoms with Crippen molar-refractivity contribution in [2.24, 2.45) is 0 Å². The van der Waals surface area contributed by atoms with E-state index in [1.54, 1.807) is 7.11 Å². The van der Waals surface area contributed by atoms with Crippen molar-refractivity contribution in [3.05, 3.63) is 53.9 Å². The summed E-state index contributed by atoms with van der Waals surface area (Å²) in [5.41, 5.74) is 3.18. The summed E-state index contributed by atoms with van der Waals surface area (Å²) in [4.78, 5) is 7.90. The highest BCUT2D eigenvalue weighted by Gasteiger charge is 2.14. The van der Waals surface area contributed by atoms with Crippen LogP contribution in [0.15, 0.2) is 42.5 Å². The van der Waals surface area contributed by atoms with Crippen LogP contribution in [0.25, 0.3) is 11.0 Å². The van der Waals surface area contributed by atoms with Crippen molar-refractivity contribution in [1.82, 2.24) is 9.97 Å². The fraction of sp³-hybridized carbons (Fsp3) is 0.235. The Hall–Kier alpha value is -2.49. The minimum absolute atomic E-state index is 0.186. The quantitative estimate of drug-likeness (QED) is 0.786. The van der Waals surface area contributed by atoms with Gasteiger partial charge < -0.3 is 14.5 Å². The van der Waals surface area contributed by atoms with E-state index < -0.39 is 0 Å². The van der Waals surface area contributed by atoms with E-state index in [9.17, 15) is 0 Å². The van der Waals surface area contributed by atoms with E-state index in [1.807, 2.05) is 37.3 Å². The smallest absolute Gasteiger partial charge is 0.162 e.